The van der Waals surface area contributed by atoms with Crippen LogP contribution in [0.2, 0.25) is 5.02 Å². The minimum absolute atomic E-state index is 0.0596. The van der Waals surface area contributed by atoms with Crippen molar-refractivity contribution in [2.24, 2.45) is 0 Å². The van der Waals surface area contributed by atoms with Crippen molar-refractivity contribution < 1.29 is 14.1 Å². The summed E-state index contributed by atoms with van der Waals surface area (Å²) in [5.41, 5.74) is 1.64. The molecule has 0 N–H and O–H groups in total. The molecule has 0 aliphatic heterocycles. The monoisotopic (exact) mass is 406 g/mol. The first-order valence-electron chi connectivity index (χ1n) is 7.09. The van der Waals surface area contributed by atoms with Gasteiger partial charge in [0, 0.05) is 15.1 Å². The number of benzene rings is 2. The zero-order valence-electron chi connectivity index (χ0n) is 12.4. The van der Waals surface area contributed by atoms with Crippen LogP contribution in [-0.4, -0.2) is 16.1 Å². The highest BCUT2D eigenvalue weighted by atomic mass is 79.9. The van der Waals surface area contributed by atoms with Crippen LogP contribution in [0.1, 0.15) is 11.5 Å². The molecular formula is C17H12BrClN2O3. The average molecular weight is 408 g/mol. The topological polar surface area (TPSA) is 65.2 Å². The van der Waals surface area contributed by atoms with E-state index in [0.717, 1.165) is 15.6 Å². The molecule has 7 heteroatoms. The molecule has 3 aromatic rings. The number of carbonyl (C=O) groups excluding carboxylic acids is 1. The van der Waals surface area contributed by atoms with Crippen molar-refractivity contribution in [3.05, 3.63) is 69.5 Å². The molecule has 0 saturated heterocycles. The predicted octanol–water partition coefficient (Wildman–Crippen LogP) is 4.44. The fourth-order valence-electron chi connectivity index (χ4n) is 1.99. The molecule has 0 amide bonds. The van der Waals surface area contributed by atoms with Gasteiger partial charge < -0.3 is 9.26 Å². The minimum Gasteiger partial charge on any atom is -0.455 e. The van der Waals surface area contributed by atoms with Gasteiger partial charge in [0.25, 0.3) is 5.89 Å². The Morgan fingerprint density at radius 2 is 1.83 bits per heavy atom. The number of ether oxygens (including phenoxy) is 1. The minimum atomic E-state index is -0.374. The van der Waals surface area contributed by atoms with Crippen LogP contribution >= 0.6 is 27.5 Å². The third-order valence-electron chi connectivity index (χ3n) is 3.19. The molecule has 1 aromatic heterocycles. The van der Waals surface area contributed by atoms with Crippen LogP contribution in [0.4, 0.5) is 0 Å². The lowest BCUT2D eigenvalue weighted by Gasteiger charge is -2.02. The van der Waals surface area contributed by atoms with Crippen molar-refractivity contribution in [2.75, 3.05) is 0 Å². The van der Waals surface area contributed by atoms with E-state index in [-0.39, 0.29) is 24.9 Å². The Morgan fingerprint density at radius 1 is 1.12 bits per heavy atom. The average Bonchev–Trinajstić information content (AvgIpc) is 3.05. The van der Waals surface area contributed by atoms with Gasteiger partial charge in [-0.1, -0.05) is 44.8 Å². The molecule has 0 spiro atoms. The van der Waals surface area contributed by atoms with Crippen LogP contribution in [0.3, 0.4) is 0 Å². The van der Waals surface area contributed by atoms with Gasteiger partial charge in [-0.25, -0.2) is 0 Å². The van der Waals surface area contributed by atoms with Gasteiger partial charge in [0.2, 0.25) is 5.82 Å². The van der Waals surface area contributed by atoms with Crippen LogP contribution in [0.5, 0.6) is 0 Å². The van der Waals surface area contributed by atoms with E-state index in [1.54, 1.807) is 24.3 Å². The van der Waals surface area contributed by atoms with E-state index in [1.165, 1.54) is 0 Å². The van der Waals surface area contributed by atoms with Gasteiger partial charge in [-0.3, -0.25) is 4.79 Å². The summed E-state index contributed by atoms with van der Waals surface area (Å²) in [6.07, 6.45) is 0.158. The van der Waals surface area contributed by atoms with Gasteiger partial charge in [0.05, 0.1) is 6.42 Å². The maximum Gasteiger partial charge on any atom is 0.310 e. The van der Waals surface area contributed by atoms with Gasteiger partial charge >= 0.3 is 5.97 Å². The van der Waals surface area contributed by atoms with Crippen molar-refractivity contribution in [3.8, 4) is 11.4 Å². The Hall–Kier alpha value is -2.18. The number of carbonyl (C=O) groups is 1. The molecule has 0 saturated carbocycles. The Balaban J connectivity index is 1.56. The highest BCUT2D eigenvalue weighted by Gasteiger charge is 2.11. The van der Waals surface area contributed by atoms with Crippen LogP contribution in [-0.2, 0) is 22.6 Å². The van der Waals surface area contributed by atoms with Crippen LogP contribution in [0, 0.1) is 0 Å². The van der Waals surface area contributed by atoms with Crippen molar-refractivity contribution in [2.45, 2.75) is 13.0 Å². The fraction of sp³-hybridized carbons (Fsp3) is 0.118. The number of esters is 1. The van der Waals surface area contributed by atoms with Crippen LogP contribution in [0.15, 0.2) is 57.5 Å². The number of nitrogens with zero attached hydrogens (tertiary/aromatic N) is 2. The molecule has 0 aliphatic carbocycles. The molecule has 3 rings (SSSR count). The van der Waals surface area contributed by atoms with Crippen molar-refractivity contribution in [3.63, 3.8) is 0 Å². The molecule has 2 aromatic carbocycles. The van der Waals surface area contributed by atoms with Gasteiger partial charge in [-0.15, -0.1) is 0 Å². The van der Waals surface area contributed by atoms with E-state index >= 15 is 0 Å². The smallest absolute Gasteiger partial charge is 0.310 e. The van der Waals surface area contributed by atoms with E-state index in [9.17, 15) is 4.79 Å². The molecule has 0 aliphatic rings. The number of halogens is 2. The summed E-state index contributed by atoms with van der Waals surface area (Å²) in [5.74, 6) is 0.323. The number of rotatable bonds is 5. The molecular weight excluding hydrogens is 396 g/mol. The lowest BCUT2D eigenvalue weighted by molar-refractivity contribution is -0.144. The summed E-state index contributed by atoms with van der Waals surface area (Å²) in [6.45, 7) is -0.0596. The van der Waals surface area contributed by atoms with E-state index in [4.69, 9.17) is 20.9 Å². The third-order valence-corrected chi connectivity index (χ3v) is 3.97. The zero-order valence-corrected chi connectivity index (χ0v) is 14.8. The summed E-state index contributed by atoms with van der Waals surface area (Å²) in [4.78, 5) is 16.0. The highest BCUT2D eigenvalue weighted by molar-refractivity contribution is 9.10. The maximum atomic E-state index is 11.8. The number of aromatic nitrogens is 2. The predicted molar refractivity (Wildman–Crippen MR) is 92.4 cm³/mol. The third kappa shape index (κ3) is 4.43. The molecule has 0 radical (unpaired) electrons. The molecule has 24 heavy (non-hydrogen) atoms. The van der Waals surface area contributed by atoms with Gasteiger partial charge in [-0.2, -0.15) is 4.98 Å². The summed E-state index contributed by atoms with van der Waals surface area (Å²) >= 11 is 9.17. The second-order valence-corrected chi connectivity index (χ2v) is 6.33. The van der Waals surface area contributed by atoms with E-state index < -0.39 is 0 Å². The zero-order chi connectivity index (χ0) is 16.9. The first-order valence-corrected chi connectivity index (χ1v) is 8.26. The summed E-state index contributed by atoms with van der Waals surface area (Å²) in [7, 11) is 0. The Kier molecular flexibility index (Phi) is 5.27. The van der Waals surface area contributed by atoms with Crippen LogP contribution in [0.25, 0.3) is 11.4 Å². The molecule has 0 bridgehead atoms. The Bertz CT molecular complexity index is 832. The molecule has 122 valence electrons. The number of hydrogen-bond acceptors (Lipinski definition) is 5. The lowest BCUT2D eigenvalue weighted by atomic mass is 10.2. The van der Waals surface area contributed by atoms with E-state index in [2.05, 4.69) is 26.1 Å². The second-order valence-electron chi connectivity index (χ2n) is 4.98. The Morgan fingerprint density at radius 3 is 2.54 bits per heavy atom. The van der Waals surface area contributed by atoms with Crippen molar-refractivity contribution in [1.29, 1.82) is 0 Å². The molecule has 0 unspecified atom stereocenters. The van der Waals surface area contributed by atoms with Gasteiger partial charge in [0.1, 0.15) is 0 Å². The first kappa shape index (κ1) is 16.7. The van der Waals surface area contributed by atoms with Gasteiger partial charge in [-0.05, 0) is 42.0 Å². The quantitative estimate of drug-likeness (QED) is 0.585. The Labute approximate surface area is 151 Å². The van der Waals surface area contributed by atoms with Gasteiger partial charge in [0.15, 0.2) is 6.61 Å². The summed E-state index contributed by atoms with van der Waals surface area (Å²) in [6, 6.07) is 14.5. The normalized spacial score (nSPS) is 10.6. The van der Waals surface area contributed by atoms with Crippen molar-refractivity contribution in [1.82, 2.24) is 10.1 Å². The molecule has 0 fully saturated rings. The van der Waals surface area contributed by atoms with Crippen molar-refractivity contribution >= 4 is 33.5 Å². The van der Waals surface area contributed by atoms with Crippen LogP contribution < -0.4 is 0 Å². The number of hydrogen-bond donors (Lipinski definition) is 0. The van der Waals surface area contributed by atoms with E-state index in [0.29, 0.717) is 10.8 Å². The summed E-state index contributed by atoms with van der Waals surface area (Å²) in [5, 5.41) is 4.50. The second kappa shape index (κ2) is 7.59. The highest BCUT2D eigenvalue weighted by Crippen LogP contribution is 2.19. The largest absolute Gasteiger partial charge is 0.455 e. The maximum absolute atomic E-state index is 11.8. The summed E-state index contributed by atoms with van der Waals surface area (Å²) < 4.78 is 11.2. The lowest BCUT2D eigenvalue weighted by Crippen LogP contribution is -2.08. The first-order chi connectivity index (χ1) is 11.6. The standard InChI is InChI=1S/C17H12BrClN2O3/c18-13-5-3-12(4-6-13)17-20-15(24-21-17)10-23-16(22)9-11-1-7-14(19)8-2-11/h1-8H,9-10H2. The molecule has 0 atom stereocenters. The van der Waals surface area contributed by atoms with E-state index in [1.807, 2.05) is 24.3 Å². The SMILES string of the molecule is O=C(Cc1ccc(Cl)cc1)OCc1nc(-c2ccc(Br)cc2)no1. The molecule has 1 heterocycles. The fourth-order valence-corrected chi connectivity index (χ4v) is 2.38. The molecule has 5 nitrogen and oxygen atoms in total.